The van der Waals surface area contributed by atoms with Crippen LogP contribution in [-0.2, 0) is 0 Å². The molecule has 0 saturated carbocycles. The Morgan fingerprint density at radius 2 is 2.05 bits per heavy atom. The number of benzene rings is 1. The number of likely N-dealkylation sites (N-methyl/N-ethyl adjacent to an activating group) is 1. The van der Waals surface area contributed by atoms with Crippen LogP contribution in [0.1, 0.15) is 31.1 Å². The maximum absolute atomic E-state index is 12.1. The Balaban J connectivity index is 2.60. The molecule has 1 atom stereocenters. The lowest BCUT2D eigenvalue weighted by Gasteiger charge is -2.26. The Morgan fingerprint density at radius 3 is 2.58 bits per heavy atom. The molecule has 106 valence electrons. The summed E-state index contributed by atoms with van der Waals surface area (Å²) in [4.78, 5) is 14.4. The van der Waals surface area contributed by atoms with Crippen molar-refractivity contribution in [3.05, 3.63) is 32.4 Å². The molecule has 0 bridgehead atoms. The molecule has 1 aromatic rings. The molecule has 3 nitrogen and oxygen atoms in total. The van der Waals surface area contributed by atoms with Gasteiger partial charge in [-0.15, -0.1) is 0 Å². The summed E-state index contributed by atoms with van der Waals surface area (Å²) in [5.41, 5.74) is 0.678. The molecule has 0 aliphatic rings. The van der Waals surface area contributed by atoms with Crippen LogP contribution in [0.5, 0.6) is 0 Å². The standard InChI is InChI=1S/C14H20ClIN2O/c1-4-18(5-2)10(3)9-17-14(19)12-7-6-11(15)8-13(12)16/h6-8,10H,4-5,9H2,1-3H3,(H,17,19)/t10-/m0/s1. The van der Waals surface area contributed by atoms with E-state index in [1.54, 1.807) is 18.2 Å². The van der Waals surface area contributed by atoms with E-state index in [2.05, 4.69) is 53.6 Å². The summed E-state index contributed by atoms with van der Waals surface area (Å²) in [6, 6.07) is 5.64. The van der Waals surface area contributed by atoms with Crippen molar-refractivity contribution in [2.45, 2.75) is 26.8 Å². The molecule has 0 aromatic heterocycles. The number of hydrogen-bond donors (Lipinski definition) is 1. The number of halogens is 2. The normalized spacial score (nSPS) is 12.5. The van der Waals surface area contributed by atoms with E-state index in [0.29, 0.717) is 23.2 Å². The second kappa shape index (κ2) is 8.07. The number of rotatable bonds is 6. The van der Waals surface area contributed by atoms with Gasteiger partial charge in [-0.25, -0.2) is 0 Å². The number of nitrogens with one attached hydrogen (secondary N) is 1. The minimum absolute atomic E-state index is 0.0416. The zero-order valence-corrected chi connectivity index (χ0v) is 14.5. The number of nitrogens with zero attached hydrogens (tertiary/aromatic N) is 1. The molecule has 0 unspecified atom stereocenters. The van der Waals surface area contributed by atoms with Crippen molar-refractivity contribution in [3.8, 4) is 0 Å². The number of amides is 1. The predicted molar refractivity (Wildman–Crippen MR) is 88.9 cm³/mol. The fourth-order valence-electron chi connectivity index (χ4n) is 1.99. The summed E-state index contributed by atoms with van der Waals surface area (Å²) >= 11 is 8.02. The molecule has 1 rings (SSSR count). The minimum atomic E-state index is -0.0416. The molecule has 0 aliphatic carbocycles. The molecule has 5 heteroatoms. The van der Waals surface area contributed by atoms with Crippen molar-refractivity contribution in [2.24, 2.45) is 0 Å². The summed E-state index contributed by atoms with van der Waals surface area (Å²) in [6.45, 7) is 9.02. The van der Waals surface area contributed by atoms with Crippen molar-refractivity contribution >= 4 is 40.1 Å². The molecule has 0 aliphatic heterocycles. The average molecular weight is 395 g/mol. The fraction of sp³-hybridized carbons (Fsp3) is 0.500. The van der Waals surface area contributed by atoms with E-state index in [0.717, 1.165) is 16.7 Å². The van der Waals surface area contributed by atoms with Crippen molar-refractivity contribution in [3.63, 3.8) is 0 Å². The molecule has 0 heterocycles. The van der Waals surface area contributed by atoms with Crippen LogP contribution in [0.4, 0.5) is 0 Å². The number of carbonyl (C=O) groups is 1. The quantitative estimate of drug-likeness (QED) is 0.750. The third-order valence-corrected chi connectivity index (χ3v) is 4.30. The summed E-state index contributed by atoms with van der Waals surface area (Å²) in [5, 5.41) is 3.63. The lowest BCUT2D eigenvalue weighted by Crippen LogP contribution is -2.42. The van der Waals surface area contributed by atoms with Gasteiger partial charge in [-0.3, -0.25) is 9.69 Å². The first-order chi connectivity index (χ1) is 8.99. The molecule has 0 radical (unpaired) electrons. The topological polar surface area (TPSA) is 32.3 Å². The predicted octanol–water partition coefficient (Wildman–Crippen LogP) is 3.40. The molecular formula is C14H20ClIN2O. The molecule has 1 N–H and O–H groups in total. The van der Waals surface area contributed by atoms with Gasteiger partial charge in [-0.2, -0.15) is 0 Å². The Labute approximate surface area is 133 Å². The van der Waals surface area contributed by atoms with Gasteiger partial charge in [-0.1, -0.05) is 25.4 Å². The van der Waals surface area contributed by atoms with Crippen LogP contribution in [0.2, 0.25) is 5.02 Å². The van der Waals surface area contributed by atoms with Crippen molar-refractivity contribution in [1.29, 1.82) is 0 Å². The first kappa shape index (κ1) is 16.7. The molecule has 0 spiro atoms. The SMILES string of the molecule is CCN(CC)[C@@H](C)CNC(=O)c1ccc(Cl)cc1I. The van der Waals surface area contributed by atoms with Gasteiger partial charge in [0, 0.05) is 21.2 Å². The summed E-state index contributed by atoms with van der Waals surface area (Å²) in [6.07, 6.45) is 0. The summed E-state index contributed by atoms with van der Waals surface area (Å²) in [7, 11) is 0. The van der Waals surface area contributed by atoms with E-state index in [1.807, 2.05) is 0 Å². The highest BCUT2D eigenvalue weighted by Crippen LogP contribution is 2.17. The van der Waals surface area contributed by atoms with E-state index in [9.17, 15) is 4.79 Å². The van der Waals surface area contributed by atoms with E-state index in [1.165, 1.54) is 0 Å². The largest absolute Gasteiger partial charge is 0.350 e. The van der Waals surface area contributed by atoms with Gasteiger partial charge < -0.3 is 5.32 Å². The fourth-order valence-corrected chi connectivity index (χ4v) is 3.10. The Hall–Kier alpha value is -0.330. The van der Waals surface area contributed by atoms with Gasteiger partial charge in [0.05, 0.1) is 5.56 Å². The van der Waals surface area contributed by atoms with Crippen molar-refractivity contribution in [2.75, 3.05) is 19.6 Å². The molecule has 0 saturated heterocycles. The van der Waals surface area contributed by atoms with Crippen LogP contribution in [-0.4, -0.2) is 36.5 Å². The smallest absolute Gasteiger partial charge is 0.252 e. The van der Waals surface area contributed by atoms with E-state index in [-0.39, 0.29) is 5.91 Å². The van der Waals surface area contributed by atoms with Crippen LogP contribution >= 0.6 is 34.2 Å². The molecule has 1 amide bonds. The molecular weight excluding hydrogens is 375 g/mol. The second-order valence-electron chi connectivity index (χ2n) is 4.40. The number of hydrogen-bond acceptors (Lipinski definition) is 2. The molecule has 0 fully saturated rings. The van der Waals surface area contributed by atoms with Crippen LogP contribution in [0, 0.1) is 3.57 Å². The zero-order chi connectivity index (χ0) is 14.4. The summed E-state index contributed by atoms with van der Waals surface area (Å²) < 4.78 is 0.873. The van der Waals surface area contributed by atoms with Crippen molar-refractivity contribution in [1.82, 2.24) is 10.2 Å². The lowest BCUT2D eigenvalue weighted by molar-refractivity contribution is 0.0937. The van der Waals surface area contributed by atoms with Crippen LogP contribution in [0.25, 0.3) is 0 Å². The number of carbonyl (C=O) groups excluding carboxylic acids is 1. The second-order valence-corrected chi connectivity index (χ2v) is 6.00. The Morgan fingerprint density at radius 1 is 1.42 bits per heavy atom. The average Bonchev–Trinajstić information content (AvgIpc) is 2.37. The van der Waals surface area contributed by atoms with Gasteiger partial charge in [0.25, 0.3) is 5.91 Å². The highest BCUT2D eigenvalue weighted by atomic mass is 127. The minimum Gasteiger partial charge on any atom is -0.350 e. The van der Waals surface area contributed by atoms with Crippen LogP contribution in [0.3, 0.4) is 0 Å². The molecule has 19 heavy (non-hydrogen) atoms. The molecule has 1 aromatic carbocycles. The van der Waals surface area contributed by atoms with E-state index in [4.69, 9.17) is 11.6 Å². The monoisotopic (exact) mass is 394 g/mol. The Bertz CT molecular complexity index is 435. The maximum Gasteiger partial charge on any atom is 0.252 e. The van der Waals surface area contributed by atoms with Gasteiger partial charge in [0.15, 0.2) is 0 Å². The van der Waals surface area contributed by atoms with Crippen LogP contribution < -0.4 is 5.32 Å². The third-order valence-electron chi connectivity index (χ3n) is 3.17. The van der Waals surface area contributed by atoms with Gasteiger partial charge in [-0.05, 0) is 60.8 Å². The zero-order valence-electron chi connectivity index (χ0n) is 11.5. The highest BCUT2D eigenvalue weighted by Gasteiger charge is 2.14. The lowest BCUT2D eigenvalue weighted by atomic mass is 10.2. The highest BCUT2D eigenvalue weighted by molar-refractivity contribution is 14.1. The Kier molecular flexibility index (Phi) is 7.10. The van der Waals surface area contributed by atoms with Gasteiger partial charge >= 0.3 is 0 Å². The maximum atomic E-state index is 12.1. The van der Waals surface area contributed by atoms with Crippen LogP contribution in [0.15, 0.2) is 18.2 Å². The van der Waals surface area contributed by atoms with E-state index < -0.39 is 0 Å². The van der Waals surface area contributed by atoms with Gasteiger partial charge in [0.2, 0.25) is 0 Å². The first-order valence-corrected chi connectivity index (χ1v) is 7.92. The van der Waals surface area contributed by atoms with Gasteiger partial charge in [0.1, 0.15) is 0 Å². The van der Waals surface area contributed by atoms with E-state index >= 15 is 0 Å². The summed E-state index contributed by atoms with van der Waals surface area (Å²) in [5.74, 6) is -0.0416. The third kappa shape index (κ3) is 4.93. The first-order valence-electron chi connectivity index (χ1n) is 6.46. The van der Waals surface area contributed by atoms with Crippen molar-refractivity contribution < 1.29 is 4.79 Å².